The molecule has 1 heterocycles. The Hall–Kier alpha value is -1.68. The fourth-order valence-electron chi connectivity index (χ4n) is 1.59. The molecule has 3 nitrogen and oxygen atoms in total. The third-order valence-corrected chi connectivity index (χ3v) is 2.37. The number of oxazole rings is 1. The first kappa shape index (κ1) is 11.8. The maximum Gasteiger partial charge on any atom is 0.198 e. The Morgan fingerprint density at radius 3 is 2.71 bits per heavy atom. The fourth-order valence-corrected chi connectivity index (χ4v) is 1.59. The SMILES string of the molecule is CC(O)Cc1cnc(Cc2ccc(F)cc2)o1. The Labute approximate surface area is 98.9 Å². The van der Waals surface area contributed by atoms with Gasteiger partial charge in [0.25, 0.3) is 0 Å². The molecule has 0 saturated heterocycles. The van der Waals surface area contributed by atoms with Crippen LogP contribution in [-0.2, 0) is 12.8 Å². The molecular weight excluding hydrogens is 221 g/mol. The van der Waals surface area contributed by atoms with E-state index in [2.05, 4.69) is 4.98 Å². The van der Waals surface area contributed by atoms with Crippen LogP contribution in [0.5, 0.6) is 0 Å². The van der Waals surface area contributed by atoms with Crippen LogP contribution < -0.4 is 0 Å². The summed E-state index contributed by atoms with van der Waals surface area (Å²) in [5.74, 6) is 0.986. The molecule has 17 heavy (non-hydrogen) atoms. The minimum absolute atomic E-state index is 0.254. The van der Waals surface area contributed by atoms with Gasteiger partial charge >= 0.3 is 0 Å². The van der Waals surface area contributed by atoms with Crippen molar-refractivity contribution in [3.8, 4) is 0 Å². The van der Waals surface area contributed by atoms with Crippen LogP contribution in [0.15, 0.2) is 34.9 Å². The van der Waals surface area contributed by atoms with Crippen molar-refractivity contribution in [2.24, 2.45) is 0 Å². The number of halogens is 1. The standard InChI is InChI=1S/C13H14FNO2/c1-9(16)6-12-8-15-13(17-12)7-10-2-4-11(14)5-3-10/h2-5,8-9,16H,6-7H2,1H3. The van der Waals surface area contributed by atoms with Crippen molar-refractivity contribution in [1.29, 1.82) is 0 Å². The summed E-state index contributed by atoms with van der Waals surface area (Å²) in [5.41, 5.74) is 0.942. The second-order valence-corrected chi connectivity index (χ2v) is 4.08. The lowest BCUT2D eigenvalue weighted by molar-refractivity contribution is 0.186. The van der Waals surface area contributed by atoms with Crippen LogP contribution in [0.2, 0.25) is 0 Å². The first-order valence-electron chi connectivity index (χ1n) is 5.49. The highest BCUT2D eigenvalue weighted by Crippen LogP contribution is 2.12. The number of benzene rings is 1. The average molecular weight is 235 g/mol. The number of aromatic nitrogens is 1. The van der Waals surface area contributed by atoms with E-state index in [0.717, 1.165) is 5.56 Å². The zero-order chi connectivity index (χ0) is 12.3. The topological polar surface area (TPSA) is 46.3 Å². The quantitative estimate of drug-likeness (QED) is 0.884. The van der Waals surface area contributed by atoms with Gasteiger partial charge in [-0.15, -0.1) is 0 Å². The molecule has 0 fully saturated rings. The Kier molecular flexibility index (Phi) is 3.54. The van der Waals surface area contributed by atoms with E-state index in [1.807, 2.05) is 0 Å². The van der Waals surface area contributed by atoms with Gasteiger partial charge in [-0.2, -0.15) is 0 Å². The maximum absolute atomic E-state index is 12.7. The van der Waals surface area contributed by atoms with Gasteiger partial charge < -0.3 is 9.52 Å². The van der Waals surface area contributed by atoms with Gasteiger partial charge in [0.2, 0.25) is 0 Å². The molecule has 1 N–H and O–H groups in total. The Balaban J connectivity index is 2.03. The fraction of sp³-hybridized carbons (Fsp3) is 0.308. The summed E-state index contributed by atoms with van der Waals surface area (Å²) < 4.78 is 18.2. The highest BCUT2D eigenvalue weighted by molar-refractivity contribution is 5.19. The Morgan fingerprint density at radius 2 is 2.06 bits per heavy atom. The van der Waals surface area contributed by atoms with Gasteiger partial charge in [0.1, 0.15) is 11.6 Å². The molecule has 0 aliphatic carbocycles. The van der Waals surface area contributed by atoms with Crippen LogP contribution in [0.25, 0.3) is 0 Å². The smallest absolute Gasteiger partial charge is 0.198 e. The normalized spacial score (nSPS) is 12.6. The van der Waals surface area contributed by atoms with Crippen molar-refractivity contribution in [3.63, 3.8) is 0 Å². The van der Waals surface area contributed by atoms with E-state index in [0.29, 0.717) is 24.5 Å². The highest BCUT2D eigenvalue weighted by atomic mass is 19.1. The lowest BCUT2D eigenvalue weighted by Gasteiger charge is -1.99. The molecular formula is C13H14FNO2. The molecule has 0 saturated carbocycles. The van der Waals surface area contributed by atoms with E-state index in [4.69, 9.17) is 4.42 Å². The van der Waals surface area contributed by atoms with E-state index < -0.39 is 6.10 Å². The van der Waals surface area contributed by atoms with E-state index in [1.165, 1.54) is 12.1 Å². The van der Waals surface area contributed by atoms with Crippen LogP contribution in [0.1, 0.15) is 24.1 Å². The first-order valence-corrected chi connectivity index (χ1v) is 5.49. The summed E-state index contributed by atoms with van der Waals surface area (Å²) in [6, 6.07) is 6.23. The molecule has 90 valence electrons. The molecule has 4 heteroatoms. The molecule has 0 aliphatic rings. The summed E-state index contributed by atoms with van der Waals surface area (Å²) in [7, 11) is 0. The molecule has 0 aliphatic heterocycles. The number of aliphatic hydroxyl groups excluding tert-OH is 1. The number of hydrogen-bond acceptors (Lipinski definition) is 3. The van der Waals surface area contributed by atoms with Crippen LogP contribution in [-0.4, -0.2) is 16.2 Å². The summed E-state index contributed by atoms with van der Waals surface area (Å²) in [6.45, 7) is 1.70. The monoisotopic (exact) mass is 235 g/mol. The Bertz CT molecular complexity index is 476. The predicted molar refractivity (Wildman–Crippen MR) is 61.1 cm³/mol. The molecule has 1 aromatic heterocycles. The van der Waals surface area contributed by atoms with Crippen LogP contribution in [0.3, 0.4) is 0 Å². The lowest BCUT2D eigenvalue weighted by atomic mass is 10.1. The largest absolute Gasteiger partial charge is 0.445 e. The minimum Gasteiger partial charge on any atom is -0.445 e. The van der Waals surface area contributed by atoms with Crippen molar-refractivity contribution in [3.05, 3.63) is 53.5 Å². The van der Waals surface area contributed by atoms with Crippen LogP contribution >= 0.6 is 0 Å². The molecule has 0 bridgehead atoms. The van der Waals surface area contributed by atoms with Crippen molar-refractivity contribution in [1.82, 2.24) is 4.98 Å². The van der Waals surface area contributed by atoms with Gasteiger partial charge in [0.05, 0.1) is 12.3 Å². The maximum atomic E-state index is 12.7. The van der Waals surface area contributed by atoms with Gasteiger partial charge in [0.15, 0.2) is 5.89 Å². The highest BCUT2D eigenvalue weighted by Gasteiger charge is 2.07. The van der Waals surface area contributed by atoms with Gasteiger partial charge in [-0.1, -0.05) is 12.1 Å². The molecule has 0 radical (unpaired) electrons. The molecule has 2 aromatic rings. The summed E-state index contributed by atoms with van der Waals surface area (Å²) >= 11 is 0. The van der Waals surface area contributed by atoms with E-state index in [1.54, 1.807) is 25.3 Å². The molecule has 1 aromatic carbocycles. The molecule has 1 unspecified atom stereocenters. The van der Waals surface area contributed by atoms with Crippen molar-refractivity contribution >= 4 is 0 Å². The van der Waals surface area contributed by atoms with Gasteiger partial charge in [-0.05, 0) is 24.6 Å². The van der Waals surface area contributed by atoms with Crippen LogP contribution in [0, 0.1) is 5.82 Å². The third-order valence-electron chi connectivity index (χ3n) is 2.37. The van der Waals surface area contributed by atoms with Gasteiger partial charge in [-0.3, -0.25) is 0 Å². The number of hydrogen-bond donors (Lipinski definition) is 1. The van der Waals surface area contributed by atoms with Crippen molar-refractivity contribution in [2.45, 2.75) is 25.9 Å². The summed E-state index contributed by atoms with van der Waals surface area (Å²) in [5, 5.41) is 9.21. The van der Waals surface area contributed by atoms with E-state index in [9.17, 15) is 9.50 Å². The molecule has 0 spiro atoms. The van der Waals surface area contributed by atoms with Crippen LogP contribution in [0.4, 0.5) is 4.39 Å². The number of rotatable bonds is 4. The number of nitrogens with zero attached hydrogens (tertiary/aromatic N) is 1. The summed E-state index contributed by atoms with van der Waals surface area (Å²) in [4.78, 5) is 4.12. The van der Waals surface area contributed by atoms with E-state index >= 15 is 0 Å². The Morgan fingerprint density at radius 1 is 1.35 bits per heavy atom. The lowest BCUT2D eigenvalue weighted by Crippen LogP contribution is -2.02. The van der Waals surface area contributed by atoms with Crippen molar-refractivity contribution in [2.75, 3.05) is 0 Å². The van der Waals surface area contributed by atoms with Gasteiger partial charge in [0, 0.05) is 12.8 Å². The van der Waals surface area contributed by atoms with Crippen molar-refractivity contribution < 1.29 is 13.9 Å². The molecule has 1 atom stereocenters. The minimum atomic E-state index is -0.443. The predicted octanol–water partition coefficient (Wildman–Crippen LogP) is 2.33. The molecule has 2 rings (SSSR count). The zero-order valence-electron chi connectivity index (χ0n) is 9.56. The zero-order valence-corrected chi connectivity index (χ0v) is 9.56. The second-order valence-electron chi connectivity index (χ2n) is 4.08. The second kappa shape index (κ2) is 5.10. The number of aliphatic hydroxyl groups is 1. The average Bonchev–Trinajstić information content (AvgIpc) is 2.68. The van der Waals surface area contributed by atoms with Gasteiger partial charge in [-0.25, -0.2) is 9.37 Å². The van der Waals surface area contributed by atoms with E-state index in [-0.39, 0.29) is 5.82 Å². The summed E-state index contributed by atoms with van der Waals surface area (Å²) in [6.07, 6.45) is 2.16. The molecule has 0 amide bonds. The third kappa shape index (κ3) is 3.39. The first-order chi connectivity index (χ1) is 8.13.